The van der Waals surface area contributed by atoms with Crippen LogP contribution in [0, 0.1) is 0 Å². The minimum Gasteiger partial charge on any atom is -0.363 e. The van der Waals surface area contributed by atoms with E-state index in [1.807, 2.05) is 55.4 Å². The molecule has 1 N–H and O–H groups in total. The number of hydrogen-bond acceptors (Lipinski definition) is 3. The van der Waals surface area contributed by atoms with Crippen LogP contribution in [-0.4, -0.2) is 25.0 Å². The van der Waals surface area contributed by atoms with Crippen LogP contribution in [0.2, 0.25) is 0 Å². The maximum atomic E-state index is 12.1. The van der Waals surface area contributed by atoms with Crippen LogP contribution < -0.4 is 10.2 Å². The van der Waals surface area contributed by atoms with E-state index in [-0.39, 0.29) is 5.91 Å². The van der Waals surface area contributed by atoms with Gasteiger partial charge >= 0.3 is 0 Å². The second-order valence-corrected chi connectivity index (χ2v) is 5.15. The second-order valence-electron chi connectivity index (χ2n) is 5.15. The minimum absolute atomic E-state index is 0.0548. The van der Waals surface area contributed by atoms with Crippen molar-refractivity contribution in [1.82, 2.24) is 10.3 Å². The van der Waals surface area contributed by atoms with E-state index < -0.39 is 0 Å². The second kappa shape index (κ2) is 6.88. The third-order valence-corrected chi connectivity index (χ3v) is 3.35. The zero-order valence-corrected chi connectivity index (χ0v) is 12.8. The molecule has 1 amide bonds. The van der Waals surface area contributed by atoms with Crippen LogP contribution in [0.4, 0.5) is 5.82 Å². The molecule has 0 unspecified atom stereocenters. The van der Waals surface area contributed by atoms with Gasteiger partial charge in [0.1, 0.15) is 5.82 Å². The molecule has 0 radical (unpaired) electrons. The van der Waals surface area contributed by atoms with Crippen molar-refractivity contribution >= 4 is 11.7 Å². The van der Waals surface area contributed by atoms with Crippen molar-refractivity contribution in [3.8, 4) is 0 Å². The number of nitrogens with one attached hydrogen (secondary N) is 1. The Morgan fingerprint density at radius 3 is 2.48 bits per heavy atom. The first-order chi connectivity index (χ1) is 10.1. The summed E-state index contributed by atoms with van der Waals surface area (Å²) >= 11 is 0. The number of aryl methyl sites for hydroxylation is 1. The molecule has 0 fully saturated rings. The SMILES string of the molecule is CCc1ccc(C(=O)NCc2ccnc(N(C)C)c2)cc1. The van der Waals surface area contributed by atoms with Gasteiger partial charge in [0.05, 0.1) is 0 Å². The van der Waals surface area contributed by atoms with Gasteiger partial charge in [-0.2, -0.15) is 0 Å². The summed E-state index contributed by atoms with van der Waals surface area (Å²) in [5, 5.41) is 2.93. The molecule has 0 spiro atoms. The Kier molecular flexibility index (Phi) is 4.93. The number of pyridine rings is 1. The van der Waals surface area contributed by atoms with Gasteiger partial charge < -0.3 is 10.2 Å². The van der Waals surface area contributed by atoms with E-state index in [0.29, 0.717) is 12.1 Å². The van der Waals surface area contributed by atoms with Crippen molar-refractivity contribution in [1.29, 1.82) is 0 Å². The maximum absolute atomic E-state index is 12.1. The molecule has 4 heteroatoms. The van der Waals surface area contributed by atoms with E-state index in [2.05, 4.69) is 17.2 Å². The van der Waals surface area contributed by atoms with Gasteiger partial charge in [-0.15, -0.1) is 0 Å². The topological polar surface area (TPSA) is 45.2 Å². The number of hydrogen-bond donors (Lipinski definition) is 1. The molecule has 2 aromatic rings. The van der Waals surface area contributed by atoms with Crippen LogP contribution in [0.25, 0.3) is 0 Å². The first-order valence-corrected chi connectivity index (χ1v) is 7.09. The molecule has 21 heavy (non-hydrogen) atoms. The van der Waals surface area contributed by atoms with Gasteiger partial charge in [-0.25, -0.2) is 4.98 Å². The third-order valence-electron chi connectivity index (χ3n) is 3.35. The zero-order chi connectivity index (χ0) is 15.2. The Bertz CT molecular complexity index is 606. The van der Waals surface area contributed by atoms with E-state index in [1.54, 1.807) is 6.20 Å². The van der Waals surface area contributed by atoms with Crippen LogP contribution in [0.15, 0.2) is 42.6 Å². The van der Waals surface area contributed by atoms with Crippen LogP contribution in [0.1, 0.15) is 28.4 Å². The van der Waals surface area contributed by atoms with E-state index in [0.717, 1.165) is 17.8 Å². The fraction of sp³-hybridized carbons (Fsp3) is 0.294. The lowest BCUT2D eigenvalue weighted by molar-refractivity contribution is 0.0951. The molecule has 0 aliphatic carbocycles. The molecule has 0 aliphatic rings. The molecule has 0 aliphatic heterocycles. The average molecular weight is 283 g/mol. The maximum Gasteiger partial charge on any atom is 0.251 e. The summed E-state index contributed by atoms with van der Waals surface area (Å²) in [6.45, 7) is 2.60. The Balaban J connectivity index is 1.98. The molecule has 0 bridgehead atoms. The number of amides is 1. The molecule has 1 aromatic heterocycles. The molecular formula is C17H21N3O. The lowest BCUT2D eigenvalue weighted by Gasteiger charge is -2.12. The highest BCUT2D eigenvalue weighted by atomic mass is 16.1. The smallest absolute Gasteiger partial charge is 0.251 e. The first kappa shape index (κ1) is 15.0. The lowest BCUT2D eigenvalue weighted by Crippen LogP contribution is -2.23. The van der Waals surface area contributed by atoms with Crippen LogP contribution >= 0.6 is 0 Å². The molecule has 0 saturated heterocycles. The fourth-order valence-corrected chi connectivity index (χ4v) is 1.99. The van der Waals surface area contributed by atoms with Gasteiger partial charge in [0.25, 0.3) is 5.91 Å². The fourth-order valence-electron chi connectivity index (χ4n) is 1.99. The molecule has 1 heterocycles. The Hall–Kier alpha value is -2.36. The van der Waals surface area contributed by atoms with Crippen molar-refractivity contribution < 1.29 is 4.79 Å². The largest absolute Gasteiger partial charge is 0.363 e. The van der Waals surface area contributed by atoms with Crippen molar-refractivity contribution in [3.05, 3.63) is 59.3 Å². The summed E-state index contributed by atoms with van der Waals surface area (Å²) in [4.78, 5) is 18.3. The Morgan fingerprint density at radius 2 is 1.86 bits per heavy atom. The number of aromatic nitrogens is 1. The predicted molar refractivity (Wildman–Crippen MR) is 85.6 cm³/mol. The van der Waals surface area contributed by atoms with Crippen LogP contribution in [-0.2, 0) is 13.0 Å². The van der Waals surface area contributed by atoms with Crippen LogP contribution in [0.5, 0.6) is 0 Å². The van der Waals surface area contributed by atoms with Gasteiger partial charge in [-0.1, -0.05) is 19.1 Å². The highest BCUT2D eigenvalue weighted by Gasteiger charge is 2.06. The van der Waals surface area contributed by atoms with E-state index >= 15 is 0 Å². The van der Waals surface area contributed by atoms with Crippen LogP contribution in [0.3, 0.4) is 0 Å². The summed E-state index contributed by atoms with van der Waals surface area (Å²) in [5.74, 6) is 0.829. The lowest BCUT2D eigenvalue weighted by atomic mass is 10.1. The zero-order valence-electron chi connectivity index (χ0n) is 12.8. The van der Waals surface area contributed by atoms with Gasteiger partial charge in [0.15, 0.2) is 0 Å². The van der Waals surface area contributed by atoms with Crippen molar-refractivity contribution in [2.75, 3.05) is 19.0 Å². The number of anilines is 1. The normalized spacial score (nSPS) is 10.2. The number of carbonyl (C=O) groups is 1. The van der Waals surface area contributed by atoms with Gasteiger partial charge in [0.2, 0.25) is 0 Å². The van der Waals surface area contributed by atoms with Gasteiger partial charge in [0, 0.05) is 32.4 Å². The Morgan fingerprint density at radius 1 is 1.14 bits per heavy atom. The predicted octanol–water partition coefficient (Wildman–Crippen LogP) is 2.64. The number of nitrogens with zero attached hydrogens (tertiary/aromatic N) is 2. The molecule has 2 rings (SSSR count). The van der Waals surface area contributed by atoms with Gasteiger partial charge in [-0.3, -0.25) is 4.79 Å². The van der Waals surface area contributed by atoms with E-state index in [4.69, 9.17) is 0 Å². The van der Waals surface area contributed by atoms with Gasteiger partial charge in [-0.05, 0) is 41.8 Å². The monoisotopic (exact) mass is 283 g/mol. The highest BCUT2D eigenvalue weighted by Crippen LogP contribution is 2.10. The number of benzene rings is 1. The summed E-state index contributed by atoms with van der Waals surface area (Å²) in [6, 6.07) is 11.6. The quantitative estimate of drug-likeness (QED) is 0.917. The summed E-state index contributed by atoms with van der Waals surface area (Å²) in [6.07, 6.45) is 2.74. The highest BCUT2D eigenvalue weighted by molar-refractivity contribution is 5.94. The molecule has 0 saturated carbocycles. The number of carbonyl (C=O) groups excluding carboxylic acids is 1. The minimum atomic E-state index is -0.0548. The summed E-state index contributed by atoms with van der Waals surface area (Å²) < 4.78 is 0. The first-order valence-electron chi connectivity index (χ1n) is 7.09. The standard InChI is InChI=1S/C17H21N3O/c1-4-13-5-7-15(8-6-13)17(21)19-12-14-9-10-18-16(11-14)20(2)3/h5-11H,4,12H2,1-3H3,(H,19,21). The molecule has 110 valence electrons. The van der Waals surface area contributed by atoms with E-state index in [9.17, 15) is 4.79 Å². The Labute approximate surface area is 125 Å². The molecule has 4 nitrogen and oxygen atoms in total. The van der Waals surface area contributed by atoms with Crippen molar-refractivity contribution in [2.45, 2.75) is 19.9 Å². The van der Waals surface area contributed by atoms with E-state index in [1.165, 1.54) is 5.56 Å². The molecular weight excluding hydrogens is 262 g/mol. The third kappa shape index (κ3) is 4.05. The van der Waals surface area contributed by atoms with Crippen molar-refractivity contribution in [2.24, 2.45) is 0 Å². The molecule has 1 aromatic carbocycles. The summed E-state index contributed by atoms with van der Waals surface area (Å²) in [5.41, 5.74) is 2.96. The average Bonchev–Trinajstić information content (AvgIpc) is 2.53. The molecule has 0 atom stereocenters. The van der Waals surface area contributed by atoms with Crippen molar-refractivity contribution in [3.63, 3.8) is 0 Å². The summed E-state index contributed by atoms with van der Waals surface area (Å²) in [7, 11) is 3.89. The number of rotatable bonds is 5.